The van der Waals surface area contributed by atoms with Gasteiger partial charge in [0.25, 0.3) is 0 Å². The Morgan fingerprint density at radius 2 is 1.91 bits per heavy atom. The van der Waals surface area contributed by atoms with Crippen molar-refractivity contribution in [1.29, 1.82) is 0 Å². The van der Waals surface area contributed by atoms with Crippen molar-refractivity contribution in [1.82, 2.24) is 0 Å². The van der Waals surface area contributed by atoms with Gasteiger partial charge in [0.15, 0.2) is 5.78 Å². The summed E-state index contributed by atoms with van der Waals surface area (Å²) >= 11 is 0. The van der Waals surface area contributed by atoms with Crippen molar-refractivity contribution in [3.05, 3.63) is 35.3 Å². The van der Waals surface area contributed by atoms with Crippen LogP contribution < -0.4 is 0 Å². The van der Waals surface area contributed by atoms with E-state index in [9.17, 15) is 14.7 Å². The first kappa shape index (κ1) is 20.7. The number of rotatable bonds is 1. The second-order valence-corrected chi connectivity index (χ2v) is 11.7. The lowest BCUT2D eigenvalue weighted by atomic mass is 9.43. The van der Waals surface area contributed by atoms with Crippen molar-refractivity contribution >= 4 is 11.8 Å². The van der Waals surface area contributed by atoms with Gasteiger partial charge in [0.1, 0.15) is 17.1 Å². The summed E-state index contributed by atoms with van der Waals surface area (Å²) in [6.45, 7) is 6.52. The van der Waals surface area contributed by atoms with Crippen LogP contribution in [0.25, 0.3) is 0 Å². The van der Waals surface area contributed by atoms with E-state index in [0.717, 1.165) is 43.6 Å². The molecule has 172 valence electrons. The number of furan rings is 1. The van der Waals surface area contributed by atoms with Crippen molar-refractivity contribution in [2.24, 2.45) is 28.6 Å². The number of hydrogen-bond acceptors (Lipinski definition) is 5. The van der Waals surface area contributed by atoms with Crippen LogP contribution >= 0.6 is 0 Å². The van der Waals surface area contributed by atoms with Crippen LogP contribution in [0.4, 0.5) is 0 Å². The van der Waals surface area contributed by atoms with Crippen molar-refractivity contribution in [3.8, 4) is 0 Å². The smallest absolute Gasteiger partial charge is 0.306 e. The van der Waals surface area contributed by atoms with Crippen molar-refractivity contribution in [3.63, 3.8) is 0 Å². The highest BCUT2D eigenvalue weighted by atomic mass is 16.6. The summed E-state index contributed by atoms with van der Waals surface area (Å²) in [6, 6.07) is 4.11. The summed E-state index contributed by atoms with van der Waals surface area (Å²) < 4.78 is 12.3. The minimum absolute atomic E-state index is 0.0799. The molecular weight excluding hydrogens is 404 g/mol. The fourth-order valence-electron chi connectivity index (χ4n) is 8.90. The Labute approximate surface area is 189 Å². The Balaban J connectivity index is 1.50. The zero-order valence-corrected chi connectivity index (χ0v) is 19.4. The van der Waals surface area contributed by atoms with E-state index in [-0.39, 0.29) is 40.3 Å². The van der Waals surface area contributed by atoms with Gasteiger partial charge in [0.05, 0.1) is 6.10 Å². The second kappa shape index (κ2) is 6.59. The maximum absolute atomic E-state index is 12.4. The highest BCUT2D eigenvalue weighted by molar-refractivity contribution is 5.91. The molecule has 1 aromatic rings. The zero-order valence-electron chi connectivity index (χ0n) is 19.4. The summed E-state index contributed by atoms with van der Waals surface area (Å²) in [7, 11) is 0. The number of fused-ring (bicyclic) bond motifs is 6. The number of ether oxygens (including phenoxy) is 1. The summed E-state index contributed by atoms with van der Waals surface area (Å²) in [6.07, 6.45) is 7.38. The summed E-state index contributed by atoms with van der Waals surface area (Å²) in [5.74, 6) is 2.79. The normalized spacial score (nSPS) is 47.6. The van der Waals surface area contributed by atoms with Crippen LogP contribution in [0.3, 0.4) is 0 Å². The molecular formula is C27H34O5. The maximum Gasteiger partial charge on any atom is 0.306 e. The van der Waals surface area contributed by atoms with Crippen LogP contribution in [0.15, 0.2) is 28.2 Å². The molecule has 1 spiro atoms. The topological polar surface area (TPSA) is 76.7 Å². The average Bonchev–Trinajstić information content (AvgIpc) is 3.40. The quantitative estimate of drug-likeness (QED) is 0.634. The van der Waals surface area contributed by atoms with Crippen LogP contribution in [0, 0.1) is 35.5 Å². The third-order valence-corrected chi connectivity index (χ3v) is 10.4. The molecule has 0 radical (unpaired) electrons. The second-order valence-electron chi connectivity index (χ2n) is 11.7. The van der Waals surface area contributed by atoms with Gasteiger partial charge in [-0.15, -0.1) is 0 Å². The number of carbonyl (C=O) groups is 2. The number of esters is 1. The molecule has 5 aliphatic rings. The Hall–Kier alpha value is -1.88. The molecule has 5 nitrogen and oxygen atoms in total. The molecule has 0 unspecified atom stereocenters. The third kappa shape index (κ3) is 2.55. The largest absolute Gasteiger partial charge is 0.466 e. The van der Waals surface area contributed by atoms with E-state index in [1.54, 1.807) is 0 Å². The molecule has 8 atom stereocenters. The lowest BCUT2D eigenvalue weighted by Gasteiger charge is -2.62. The highest BCUT2D eigenvalue weighted by Gasteiger charge is 2.70. The average molecular weight is 439 g/mol. The highest BCUT2D eigenvalue weighted by Crippen LogP contribution is 2.71. The lowest BCUT2D eigenvalue weighted by Crippen LogP contribution is -2.61. The van der Waals surface area contributed by atoms with Gasteiger partial charge >= 0.3 is 5.97 Å². The van der Waals surface area contributed by atoms with Crippen molar-refractivity contribution in [2.75, 3.05) is 0 Å². The molecule has 0 amide bonds. The van der Waals surface area contributed by atoms with E-state index in [1.807, 2.05) is 19.1 Å². The number of carbonyl (C=O) groups excluding carboxylic acids is 2. The monoisotopic (exact) mass is 438 g/mol. The SMILES string of the molecule is Cc1ccc([C@@H]2CC3=CC(=O)CC[C@]3(C)[C@@H]3[C@@H]2[C@@H]2CC[C@@]4(CCC(=O)O4)[C@@]2(C)C[C@H]3O)o1. The number of aliphatic hydroxyl groups is 1. The molecule has 1 saturated heterocycles. The van der Waals surface area contributed by atoms with Gasteiger partial charge in [-0.05, 0) is 86.8 Å². The van der Waals surface area contributed by atoms with Gasteiger partial charge in [0.2, 0.25) is 0 Å². The molecule has 1 aliphatic heterocycles. The molecule has 5 heteroatoms. The Morgan fingerprint density at radius 3 is 2.59 bits per heavy atom. The minimum atomic E-state index is -0.490. The molecule has 4 fully saturated rings. The molecule has 1 N–H and O–H groups in total. The first-order chi connectivity index (χ1) is 15.2. The number of aryl methyl sites for hydroxylation is 1. The van der Waals surface area contributed by atoms with Crippen LogP contribution in [-0.2, 0) is 14.3 Å². The molecule has 0 aromatic carbocycles. The summed E-state index contributed by atoms with van der Waals surface area (Å²) in [4.78, 5) is 24.6. The van der Waals surface area contributed by atoms with E-state index in [0.29, 0.717) is 25.2 Å². The van der Waals surface area contributed by atoms with Crippen LogP contribution in [0.2, 0.25) is 0 Å². The zero-order chi connectivity index (χ0) is 22.5. The predicted molar refractivity (Wildman–Crippen MR) is 118 cm³/mol. The van der Waals surface area contributed by atoms with Gasteiger partial charge in [-0.2, -0.15) is 0 Å². The molecule has 32 heavy (non-hydrogen) atoms. The molecule has 1 aromatic heterocycles. The number of aliphatic hydroxyl groups excluding tert-OH is 1. The minimum Gasteiger partial charge on any atom is -0.466 e. The van der Waals surface area contributed by atoms with E-state index >= 15 is 0 Å². The Kier molecular flexibility index (Phi) is 4.26. The molecule has 6 rings (SSSR count). The van der Waals surface area contributed by atoms with Crippen LogP contribution in [0.5, 0.6) is 0 Å². The van der Waals surface area contributed by atoms with Gasteiger partial charge < -0.3 is 14.3 Å². The number of allylic oxidation sites excluding steroid dienone is 1. The Bertz CT molecular complexity index is 1020. The number of hydrogen-bond donors (Lipinski definition) is 1. The van der Waals surface area contributed by atoms with E-state index in [4.69, 9.17) is 9.15 Å². The fourth-order valence-corrected chi connectivity index (χ4v) is 8.90. The van der Waals surface area contributed by atoms with E-state index in [2.05, 4.69) is 19.9 Å². The van der Waals surface area contributed by atoms with Gasteiger partial charge in [-0.1, -0.05) is 19.4 Å². The van der Waals surface area contributed by atoms with Crippen LogP contribution in [-0.4, -0.2) is 28.6 Å². The standard InChI is InChI=1S/C27H34O5/c1-15-4-5-21(31-15)18-13-16-12-17(28)6-9-25(16,2)24-20(29)14-26(3)19(23(18)24)7-10-27(26)11-8-22(30)32-27/h4-5,12,18-20,23-24,29H,6-11,13-14H2,1-3H3/t18-,19-,20+,23-,24-,25-,26-,27+/m0/s1. The number of ketones is 1. The first-order valence-corrected chi connectivity index (χ1v) is 12.4. The Morgan fingerprint density at radius 1 is 1.09 bits per heavy atom. The maximum atomic E-state index is 12.4. The summed E-state index contributed by atoms with van der Waals surface area (Å²) in [5, 5.41) is 11.8. The van der Waals surface area contributed by atoms with Gasteiger partial charge in [-0.25, -0.2) is 0 Å². The molecule has 3 saturated carbocycles. The van der Waals surface area contributed by atoms with Crippen molar-refractivity contribution < 1.29 is 23.8 Å². The first-order valence-electron chi connectivity index (χ1n) is 12.4. The van der Waals surface area contributed by atoms with E-state index < -0.39 is 11.7 Å². The van der Waals surface area contributed by atoms with Crippen molar-refractivity contribution in [2.45, 2.75) is 89.8 Å². The fraction of sp³-hybridized carbons (Fsp3) is 0.704. The third-order valence-electron chi connectivity index (χ3n) is 10.4. The molecule has 0 bridgehead atoms. The van der Waals surface area contributed by atoms with E-state index in [1.165, 1.54) is 5.57 Å². The van der Waals surface area contributed by atoms with Gasteiger partial charge in [-0.3, -0.25) is 9.59 Å². The van der Waals surface area contributed by atoms with Crippen LogP contribution in [0.1, 0.15) is 82.7 Å². The molecule has 4 aliphatic carbocycles. The van der Waals surface area contributed by atoms with Gasteiger partial charge in [0, 0.05) is 24.2 Å². The lowest BCUT2D eigenvalue weighted by molar-refractivity contribution is -0.188. The predicted octanol–water partition coefficient (Wildman–Crippen LogP) is 4.86. The molecule has 2 heterocycles. The summed E-state index contributed by atoms with van der Waals surface area (Å²) in [5.41, 5.74) is 0.349.